The van der Waals surface area contributed by atoms with Gasteiger partial charge in [-0.3, -0.25) is 19.6 Å². The molecule has 7 nitrogen and oxygen atoms in total. The Balaban J connectivity index is 1.44. The molecule has 0 saturated heterocycles. The Morgan fingerprint density at radius 3 is 2.38 bits per heavy atom. The minimum Gasteiger partial charge on any atom is -0.480 e. The number of rotatable bonds is 4. The highest BCUT2D eigenvalue weighted by atomic mass is 16.4. The number of hydrogen-bond acceptors (Lipinski definition) is 5. The van der Waals surface area contributed by atoms with Crippen LogP contribution in [0.4, 0.5) is 0 Å². The number of fused-ring (bicyclic) bond motifs is 8. The molecule has 0 spiro atoms. The van der Waals surface area contributed by atoms with Crippen LogP contribution >= 0.6 is 0 Å². The quantitative estimate of drug-likeness (QED) is 0.387. The monoisotopic (exact) mass is 577 g/mol. The van der Waals surface area contributed by atoms with E-state index in [2.05, 4.69) is 52.9 Å². The van der Waals surface area contributed by atoms with Gasteiger partial charge in [0.2, 0.25) is 5.91 Å². The summed E-state index contributed by atoms with van der Waals surface area (Å²) in [6.45, 7) is 16.0. The zero-order valence-electron chi connectivity index (χ0n) is 26.7. The van der Waals surface area contributed by atoms with Crippen LogP contribution in [0.2, 0.25) is 0 Å². The molecule has 1 aromatic heterocycles. The third-order valence-electron chi connectivity index (χ3n) is 14.0. The molecular formula is C35H51N3O4. The second-order valence-corrected chi connectivity index (χ2v) is 16.5. The number of nitrogens with one attached hydrogen (secondary N) is 1. The first kappa shape index (κ1) is 29.8. The molecule has 7 heteroatoms. The van der Waals surface area contributed by atoms with Crippen molar-refractivity contribution >= 4 is 11.9 Å². The predicted molar refractivity (Wildman–Crippen MR) is 161 cm³/mol. The summed E-state index contributed by atoms with van der Waals surface area (Å²) < 4.78 is 0. The Hall–Kier alpha value is -2.28. The summed E-state index contributed by atoms with van der Waals surface area (Å²) >= 11 is 0. The number of carboxylic acids is 1. The Labute approximate surface area is 251 Å². The Morgan fingerprint density at radius 1 is 1.00 bits per heavy atom. The van der Waals surface area contributed by atoms with Crippen LogP contribution < -0.4 is 5.32 Å². The van der Waals surface area contributed by atoms with Crippen molar-refractivity contribution in [3.63, 3.8) is 0 Å². The van der Waals surface area contributed by atoms with Crippen molar-refractivity contribution in [2.24, 2.45) is 44.8 Å². The maximum Gasteiger partial charge on any atom is 0.325 e. The van der Waals surface area contributed by atoms with Crippen molar-refractivity contribution in [2.75, 3.05) is 6.61 Å². The van der Waals surface area contributed by atoms with E-state index in [1.165, 1.54) is 5.57 Å². The van der Waals surface area contributed by atoms with Crippen molar-refractivity contribution in [1.29, 1.82) is 0 Å². The number of aliphatic hydroxyl groups excluding tert-OH is 1. The van der Waals surface area contributed by atoms with E-state index in [1.807, 2.05) is 0 Å². The fraction of sp³-hybridized carbons (Fsp3) is 0.771. The van der Waals surface area contributed by atoms with Gasteiger partial charge in [0.1, 0.15) is 6.04 Å². The SMILES string of the molecule is C[C@H](NC(=O)[C@]12CCC(C)(C)C[C@H]1C1=CC[C@@H]3[C@@]4(C)Cc5nccnc5[C@@](C)(CO)[C@@H]4CC[C@@]3(C)[C@]1(C)CC2)C(=O)O. The molecule has 0 unspecified atom stereocenters. The number of carbonyl (C=O) groups excluding carboxylic acids is 1. The summed E-state index contributed by atoms with van der Waals surface area (Å²) in [7, 11) is 0. The first-order valence-corrected chi connectivity index (χ1v) is 16.2. The molecule has 1 amide bonds. The normalized spacial score (nSPS) is 44.2. The maximum absolute atomic E-state index is 14.0. The Kier molecular flexibility index (Phi) is 6.64. The maximum atomic E-state index is 14.0. The van der Waals surface area contributed by atoms with E-state index < -0.39 is 22.8 Å². The number of carbonyl (C=O) groups is 2. The highest BCUT2D eigenvalue weighted by Crippen LogP contribution is 2.75. The average molecular weight is 578 g/mol. The summed E-state index contributed by atoms with van der Waals surface area (Å²) in [4.78, 5) is 35.3. The third kappa shape index (κ3) is 3.80. The van der Waals surface area contributed by atoms with Crippen LogP contribution in [0, 0.1) is 44.8 Å². The van der Waals surface area contributed by atoms with Crippen molar-refractivity contribution in [2.45, 2.75) is 118 Å². The molecule has 1 heterocycles. The lowest BCUT2D eigenvalue weighted by molar-refractivity contribution is -0.172. The van der Waals surface area contributed by atoms with Gasteiger partial charge >= 0.3 is 5.97 Å². The van der Waals surface area contributed by atoms with E-state index in [0.29, 0.717) is 11.8 Å². The summed E-state index contributed by atoms with van der Waals surface area (Å²) in [5.41, 5.74) is 2.58. The average Bonchev–Trinajstić information content (AvgIpc) is 2.92. The van der Waals surface area contributed by atoms with E-state index >= 15 is 0 Å². The van der Waals surface area contributed by atoms with Gasteiger partial charge in [-0.1, -0.05) is 53.2 Å². The van der Waals surface area contributed by atoms with Gasteiger partial charge in [0.25, 0.3) is 0 Å². The van der Waals surface area contributed by atoms with E-state index in [0.717, 1.165) is 69.2 Å². The summed E-state index contributed by atoms with van der Waals surface area (Å²) in [5.74, 6) is -0.201. The molecule has 0 aromatic carbocycles. The van der Waals surface area contributed by atoms with Crippen LogP contribution in [0.3, 0.4) is 0 Å². The third-order valence-corrected chi connectivity index (χ3v) is 14.0. The number of nitrogens with zero attached hydrogens (tertiary/aromatic N) is 2. The minimum atomic E-state index is -0.987. The first-order valence-electron chi connectivity index (χ1n) is 16.2. The number of carboxylic acid groups (broad SMARTS) is 1. The summed E-state index contributed by atoms with van der Waals surface area (Å²) in [6.07, 6.45) is 14.5. The van der Waals surface area contributed by atoms with Crippen molar-refractivity contribution in [1.82, 2.24) is 15.3 Å². The number of allylic oxidation sites excluding steroid dienone is 2. The second-order valence-electron chi connectivity index (χ2n) is 16.5. The minimum absolute atomic E-state index is 0.0345. The van der Waals surface area contributed by atoms with Crippen LogP contribution in [0.15, 0.2) is 24.0 Å². The number of hydrogen-bond donors (Lipinski definition) is 3. The molecule has 1 aromatic rings. The van der Waals surface area contributed by atoms with E-state index in [4.69, 9.17) is 9.97 Å². The standard InChI is InChI=1S/C35H51N3O4/c1-21(28(40)41)38-29(42)35-14-12-30(2,3)18-23(35)22-8-9-26-31(4)19-24-27(37-17-16-36-24)32(5,20-39)25(31)10-11-34(26,7)33(22,6)13-15-35/h8,16-17,21,23,25-26,39H,9-15,18-20H2,1-7H3,(H,38,42)(H,40,41)/t21-,23-,25+,26+,31-,32-,33+,34+,35-/m0/s1. The Morgan fingerprint density at radius 2 is 1.69 bits per heavy atom. The van der Waals surface area contributed by atoms with Gasteiger partial charge in [0, 0.05) is 17.8 Å². The molecule has 3 N–H and O–H groups in total. The smallest absolute Gasteiger partial charge is 0.325 e. The van der Waals surface area contributed by atoms with E-state index in [-0.39, 0.29) is 40.1 Å². The molecule has 230 valence electrons. The molecule has 5 aliphatic carbocycles. The largest absolute Gasteiger partial charge is 0.480 e. The van der Waals surface area contributed by atoms with Crippen LogP contribution in [0.1, 0.15) is 111 Å². The van der Waals surface area contributed by atoms with Gasteiger partial charge in [0.15, 0.2) is 0 Å². The van der Waals surface area contributed by atoms with Crippen LogP contribution in [-0.4, -0.2) is 44.7 Å². The molecule has 5 aliphatic rings. The number of amides is 1. The first-order chi connectivity index (χ1) is 19.6. The molecule has 0 bridgehead atoms. The van der Waals surface area contributed by atoms with Crippen molar-refractivity contribution in [3.8, 4) is 0 Å². The molecule has 6 rings (SSSR count). The molecular weight excluding hydrogens is 526 g/mol. The lowest BCUT2D eigenvalue weighted by atomic mass is 9.33. The van der Waals surface area contributed by atoms with Gasteiger partial charge in [-0.15, -0.1) is 0 Å². The second kappa shape index (κ2) is 9.36. The highest BCUT2D eigenvalue weighted by Gasteiger charge is 2.69. The van der Waals surface area contributed by atoms with Gasteiger partial charge in [-0.2, -0.15) is 0 Å². The summed E-state index contributed by atoms with van der Waals surface area (Å²) in [5, 5.41) is 23.3. The fourth-order valence-corrected chi connectivity index (χ4v) is 11.4. The molecule has 3 saturated carbocycles. The van der Waals surface area contributed by atoms with Crippen LogP contribution in [-0.2, 0) is 21.4 Å². The summed E-state index contributed by atoms with van der Waals surface area (Å²) in [6, 6.07) is -0.897. The van der Waals surface area contributed by atoms with E-state index in [9.17, 15) is 19.8 Å². The van der Waals surface area contributed by atoms with Crippen LogP contribution in [0.5, 0.6) is 0 Å². The van der Waals surface area contributed by atoms with Gasteiger partial charge in [-0.05, 0) is 104 Å². The fourth-order valence-electron chi connectivity index (χ4n) is 11.4. The zero-order valence-corrected chi connectivity index (χ0v) is 26.7. The predicted octanol–water partition coefficient (Wildman–Crippen LogP) is 5.85. The van der Waals surface area contributed by atoms with E-state index in [1.54, 1.807) is 19.3 Å². The van der Waals surface area contributed by atoms with Crippen molar-refractivity contribution in [3.05, 3.63) is 35.4 Å². The molecule has 3 fully saturated rings. The van der Waals surface area contributed by atoms with Crippen molar-refractivity contribution < 1.29 is 19.8 Å². The van der Waals surface area contributed by atoms with Gasteiger partial charge in [-0.25, -0.2) is 0 Å². The topological polar surface area (TPSA) is 112 Å². The zero-order chi connectivity index (χ0) is 30.5. The lowest BCUT2D eigenvalue weighted by Gasteiger charge is -2.70. The lowest BCUT2D eigenvalue weighted by Crippen LogP contribution is -2.66. The molecule has 0 radical (unpaired) electrons. The van der Waals surface area contributed by atoms with Gasteiger partial charge in [0.05, 0.1) is 23.4 Å². The molecule has 9 atom stereocenters. The number of aromatic nitrogens is 2. The molecule has 0 aliphatic heterocycles. The molecule has 42 heavy (non-hydrogen) atoms. The highest BCUT2D eigenvalue weighted by molar-refractivity contribution is 5.88. The van der Waals surface area contributed by atoms with Gasteiger partial charge < -0.3 is 15.5 Å². The number of aliphatic hydroxyl groups is 1. The Bertz CT molecular complexity index is 1340. The van der Waals surface area contributed by atoms with Crippen LogP contribution in [0.25, 0.3) is 0 Å². The number of aliphatic carboxylic acids is 1.